The Balaban J connectivity index is 2.89. The molecule has 0 fully saturated rings. The number of rotatable bonds is 11. The lowest BCUT2D eigenvalue weighted by Crippen LogP contribution is -2.18. The van der Waals surface area contributed by atoms with Crippen molar-refractivity contribution in [2.24, 2.45) is 5.73 Å². The summed E-state index contributed by atoms with van der Waals surface area (Å²) in [6, 6.07) is 0. The maximum Gasteiger partial charge on any atom is 0.243 e. The normalized spacial score (nSPS) is 10.5. The number of hydrogen-bond acceptors (Lipinski definition) is 3. The first-order chi connectivity index (χ1) is 7.27. The van der Waals surface area contributed by atoms with Crippen LogP contribution in [0.3, 0.4) is 0 Å². The highest BCUT2D eigenvalue weighted by Gasteiger charge is 1.94. The molecule has 0 bridgehead atoms. The predicted octanol–water partition coefficient (Wildman–Crippen LogP) is 1.48. The summed E-state index contributed by atoms with van der Waals surface area (Å²) in [5.74, 6) is -0.421. The van der Waals surface area contributed by atoms with E-state index < -0.39 is 5.91 Å². The van der Waals surface area contributed by atoms with E-state index in [-0.39, 0.29) is 6.61 Å². The summed E-state index contributed by atoms with van der Waals surface area (Å²) in [6.07, 6.45) is 5.73. The molecule has 0 heterocycles. The Morgan fingerprint density at radius 1 is 1.00 bits per heavy atom. The molecule has 4 heteroatoms. The number of amides is 1. The molecule has 0 saturated carbocycles. The van der Waals surface area contributed by atoms with Gasteiger partial charge in [-0.1, -0.05) is 26.2 Å². The first-order valence-corrected chi connectivity index (χ1v) is 5.71. The SMILES string of the molecule is CCCCCCOCCCOCC(N)=O. The second-order valence-electron chi connectivity index (χ2n) is 3.55. The van der Waals surface area contributed by atoms with E-state index in [1.165, 1.54) is 19.3 Å². The van der Waals surface area contributed by atoms with Crippen molar-refractivity contribution in [1.29, 1.82) is 0 Å². The highest BCUT2D eigenvalue weighted by molar-refractivity contribution is 5.74. The summed E-state index contributed by atoms with van der Waals surface area (Å²) >= 11 is 0. The zero-order valence-electron chi connectivity index (χ0n) is 9.67. The lowest BCUT2D eigenvalue weighted by atomic mass is 10.2. The van der Waals surface area contributed by atoms with Gasteiger partial charge in [-0.2, -0.15) is 0 Å². The molecule has 0 saturated heterocycles. The summed E-state index contributed by atoms with van der Waals surface area (Å²) < 4.78 is 10.4. The Morgan fingerprint density at radius 2 is 1.67 bits per heavy atom. The van der Waals surface area contributed by atoms with E-state index in [1.54, 1.807) is 0 Å². The van der Waals surface area contributed by atoms with Gasteiger partial charge >= 0.3 is 0 Å². The van der Waals surface area contributed by atoms with E-state index in [1.807, 2.05) is 0 Å². The van der Waals surface area contributed by atoms with E-state index in [9.17, 15) is 4.79 Å². The number of carbonyl (C=O) groups is 1. The third kappa shape index (κ3) is 13.4. The van der Waals surface area contributed by atoms with Crippen molar-refractivity contribution in [1.82, 2.24) is 0 Å². The largest absolute Gasteiger partial charge is 0.381 e. The maximum absolute atomic E-state index is 10.3. The average Bonchev–Trinajstić information content (AvgIpc) is 2.20. The molecule has 90 valence electrons. The van der Waals surface area contributed by atoms with Crippen LogP contribution in [0.4, 0.5) is 0 Å². The minimum Gasteiger partial charge on any atom is -0.381 e. The van der Waals surface area contributed by atoms with E-state index in [4.69, 9.17) is 15.2 Å². The van der Waals surface area contributed by atoms with Gasteiger partial charge in [-0.3, -0.25) is 4.79 Å². The monoisotopic (exact) mass is 217 g/mol. The molecule has 0 unspecified atom stereocenters. The van der Waals surface area contributed by atoms with Crippen LogP contribution < -0.4 is 5.73 Å². The minimum atomic E-state index is -0.421. The van der Waals surface area contributed by atoms with Crippen LogP contribution in [0.5, 0.6) is 0 Å². The summed E-state index contributed by atoms with van der Waals surface area (Å²) in [7, 11) is 0. The Morgan fingerprint density at radius 3 is 2.33 bits per heavy atom. The highest BCUT2D eigenvalue weighted by Crippen LogP contribution is 1.99. The van der Waals surface area contributed by atoms with Crippen LogP contribution in [-0.4, -0.2) is 32.3 Å². The van der Waals surface area contributed by atoms with Crippen molar-refractivity contribution in [2.45, 2.75) is 39.0 Å². The molecule has 0 aliphatic carbocycles. The summed E-state index contributed by atoms with van der Waals surface area (Å²) in [5, 5.41) is 0. The molecule has 2 N–H and O–H groups in total. The van der Waals surface area contributed by atoms with Gasteiger partial charge in [-0.05, 0) is 12.8 Å². The van der Waals surface area contributed by atoms with E-state index in [0.29, 0.717) is 13.2 Å². The van der Waals surface area contributed by atoms with E-state index >= 15 is 0 Å². The topological polar surface area (TPSA) is 61.6 Å². The first-order valence-electron chi connectivity index (χ1n) is 5.71. The van der Waals surface area contributed by atoms with Crippen molar-refractivity contribution >= 4 is 5.91 Å². The maximum atomic E-state index is 10.3. The highest BCUT2D eigenvalue weighted by atomic mass is 16.5. The second kappa shape index (κ2) is 11.5. The molecule has 0 spiro atoms. The minimum absolute atomic E-state index is 0.0104. The second-order valence-corrected chi connectivity index (χ2v) is 3.55. The zero-order chi connectivity index (χ0) is 11.4. The van der Waals surface area contributed by atoms with Gasteiger partial charge in [0.1, 0.15) is 6.61 Å². The van der Waals surface area contributed by atoms with Crippen molar-refractivity contribution in [2.75, 3.05) is 26.4 Å². The molecule has 0 radical (unpaired) electrons. The Labute approximate surface area is 92.1 Å². The van der Waals surface area contributed by atoms with Crippen LogP contribution in [0, 0.1) is 0 Å². The summed E-state index contributed by atoms with van der Waals surface area (Å²) in [5.41, 5.74) is 4.91. The van der Waals surface area contributed by atoms with Crippen molar-refractivity contribution < 1.29 is 14.3 Å². The van der Waals surface area contributed by atoms with Crippen LogP contribution >= 0.6 is 0 Å². The lowest BCUT2D eigenvalue weighted by Gasteiger charge is -2.04. The van der Waals surface area contributed by atoms with Crippen molar-refractivity contribution in [3.63, 3.8) is 0 Å². The van der Waals surface area contributed by atoms with Crippen LogP contribution in [-0.2, 0) is 14.3 Å². The molecule has 0 aromatic heterocycles. The summed E-state index contributed by atoms with van der Waals surface area (Å²) in [6.45, 7) is 4.27. The quantitative estimate of drug-likeness (QED) is 0.533. The molecular weight excluding hydrogens is 194 g/mol. The van der Waals surface area contributed by atoms with Crippen LogP contribution in [0.25, 0.3) is 0 Å². The zero-order valence-corrected chi connectivity index (χ0v) is 9.67. The number of carbonyl (C=O) groups excluding carboxylic acids is 1. The smallest absolute Gasteiger partial charge is 0.243 e. The van der Waals surface area contributed by atoms with Crippen LogP contribution in [0.2, 0.25) is 0 Å². The van der Waals surface area contributed by atoms with E-state index in [2.05, 4.69) is 6.92 Å². The Kier molecular flexibility index (Phi) is 11.0. The van der Waals surface area contributed by atoms with Gasteiger partial charge in [0.15, 0.2) is 0 Å². The Bertz CT molecular complexity index is 151. The molecular formula is C11H23NO3. The molecule has 0 rings (SSSR count). The first kappa shape index (κ1) is 14.4. The predicted molar refractivity (Wildman–Crippen MR) is 59.6 cm³/mol. The number of hydrogen-bond donors (Lipinski definition) is 1. The molecule has 0 aliphatic rings. The van der Waals surface area contributed by atoms with Gasteiger partial charge in [-0.25, -0.2) is 0 Å². The summed E-state index contributed by atoms with van der Waals surface area (Å²) in [4.78, 5) is 10.3. The standard InChI is InChI=1S/C11H23NO3/c1-2-3-4-5-7-14-8-6-9-15-10-11(12)13/h2-10H2,1H3,(H2,12,13). The van der Waals surface area contributed by atoms with Gasteiger partial charge < -0.3 is 15.2 Å². The fourth-order valence-electron chi connectivity index (χ4n) is 1.17. The van der Waals surface area contributed by atoms with Crippen molar-refractivity contribution in [3.8, 4) is 0 Å². The fourth-order valence-corrected chi connectivity index (χ4v) is 1.17. The van der Waals surface area contributed by atoms with E-state index in [0.717, 1.165) is 19.4 Å². The van der Waals surface area contributed by atoms with Crippen LogP contribution in [0.15, 0.2) is 0 Å². The lowest BCUT2D eigenvalue weighted by molar-refractivity contribution is -0.122. The van der Waals surface area contributed by atoms with Gasteiger partial charge in [0.05, 0.1) is 0 Å². The molecule has 0 aromatic rings. The molecule has 0 aliphatic heterocycles. The van der Waals surface area contributed by atoms with Crippen molar-refractivity contribution in [3.05, 3.63) is 0 Å². The third-order valence-electron chi connectivity index (χ3n) is 1.96. The van der Waals surface area contributed by atoms with Gasteiger partial charge in [0.2, 0.25) is 5.91 Å². The Hall–Kier alpha value is -0.610. The molecule has 0 aromatic carbocycles. The molecule has 0 atom stereocenters. The fraction of sp³-hybridized carbons (Fsp3) is 0.909. The van der Waals surface area contributed by atoms with Crippen LogP contribution in [0.1, 0.15) is 39.0 Å². The number of nitrogens with two attached hydrogens (primary N) is 1. The van der Waals surface area contributed by atoms with Gasteiger partial charge in [0.25, 0.3) is 0 Å². The van der Waals surface area contributed by atoms with Gasteiger partial charge in [-0.15, -0.1) is 0 Å². The third-order valence-corrected chi connectivity index (χ3v) is 1.96. The average molecular weight is 217 g/mol. The molecule has 4 nitrogen and oxygen atoms in total. The number of unbranched alkanes of at least 4 members (excludes halogenated alkanes) is 3. The molecule has 15 heavy (non-hydrogen) atoms. The van der Waals surface area contributed by atoms with Gasteiger partial charge in [0, 0.05) is 19.8 Å². The number of ether oxygens (including phenoxy) is 2. The molecule has 1 amide bonds. The number of primary amides is 1.